The summed E-state index contributed by atoms with van der Waals surface area (Å²) in [4.78, 5) is 4.91. The number of ether oxygens (including phenoxy) is 3. The fourth-order valence-electron chi connectivity index (χ4n) is 4.32. The molecule has 35 heavy (non-hydrogen) atoms. The Bertz CT molecular complexity index is 1490. The zero-order chi connectivity index (χ0) is 24.5. The summed E-state index contributed by atoms with van der Waals surface area (Å²) in [5.41, 5.74) is 7.07. The van der Waals surface area contributed by atoms with Gasteiger partial charge in [-0.15, -0.1) is 0 Å². The van der Waals surface area contributed by atoms with Gasteiger partial charge in [0.1, 0.15) is 0 Å². The van der Waals surface area contributed by atoms with Gasteiger partial charge in [0.25, 0.3) is 0 Å². The van der Waals surface area contributed by atoms with E-state index in [0.717, 1.165) is 45.0 Å². The van der Waals surface area contributed by atoms with Crippen molar-refractivity contribution < 1.29 is 14.2 Å². The lowest BCUT2D eigenvalue weighted by atomic mass is 9.97. The standard InChI is InChI=1S/C28H24ClN3O3/c1-17-26(19-10-12-21(29)13-11-19)27(20-14-23(33-2)28(35-4)24(15-20)34-3)32-25(30-17)16-22(31-32)18-8-6-5-7-9-18/h5-16H,1-4H3. The van der Waals surface area contributed by atoms with E-state index >= 15 is 0 Å². The predicted octanol–water partition coefficient (Wildman–Crippen LogP) is 6.72. The second-order valence-electron chi connectivity index (χ2n) is 8.01. The van der Waals surface area contributed by atoms with Crippen molar-refractivity contribution in [3.05, 3.63) is 83.5 Å². The summed E-state index contributed by atoms with van der Waals surface area (Å²) in [6.07, 6.45) is 0. The highest BCUT2D eigenvalue weighted by Gasteiger charge is 2.22. The van der Waals surface area contributed by atoms with Gasteiger partial charge < -0.3 is 14.2 Å². The molecule has 0 saturated heterocycles. The van der Waals surface area contributed by atoms with Crippen LogP contribution in [0.4, 0.5) is 0 Å². The second kappa shape index (κ2) is 9.31. The molecule has 0 amide bonds. The van der Waals surface area contributed by atoms with Crippen molar-refractivity contribution in [1.82, 2.24) is 14.6 Å². The third-order valence-electron chi connectivity index (χ3n) is 5.92. The van der Waals surface area contributed by atoms with Crippen molar-refractivity contribution in [2.75, 3.05) is 21.3 Å². The van der Waals surface area contributed by atoms with Crippen LogP contribution in [0.2, 0.25) is 5.02 Å². The molecule has 5 rings (SSSR count). The predicted molar refractivity (Wildman–Crippen MR) is 139 cm³/mol. The van der Waals surface area contributed by atoms with Gasteiger partial charge >= 0.3 is 0 Å². The van der Waals surface area contributed by atoms with Gasteiger partial charge in [-0.2, -0.15) is 5.10 Å². The summed E-state index contributed by atoms with van der Waals surface area (Å²) in [7, 11) is 4.81. The molecule has 0 fully saturated rings. The average Bonchev–Trinajstić information content (AvgIpc) is 3.31. The molecule has 0 atom stereocenters. The molecule has 7 heteroatoms. The Labute approximate surface area is 208 Å². The van der Waals surface area contributed by atoms with Crippen molar-refractivity contribution >= 4 is 17.2 Å². The number of benzene rings is 3. The van der Waals surface area contributed by atoms with Gasteiger partial charge in [-0.05, 0) is 36.8 Å². The lowest BCUT2D eigenvalue weighted by molar-refractivity contribution is 0.324. The van der Waals surface area contributed by atoms with E-state index in [2.05, 4.69) is 0 Å². The molecule has 176 valence electrons. The van der Waals surface area contributed by atoms with Crippen LogP contribution in [0, 0.1) is 6.92 Å². The highest BCUT2D eigenvalue weighted by Crippen LogP contribution is 2.44. The molecule has 0 spiro atoms. The van der Waals surface area contributed by atoms with Gasteiger partial charge in [0.15, 0.2) is 17.1 Å². The summed E-state index contributed by atoms with van der Waals surface area (Å²) < 4.78 is 18.7. The Morgan fingerprint density at radius 2 is 1.40 bits per heavy atom. The molecule has 0 bridgehead atoms. The highest BCUT2D eigenvalue weighted by atomic mass is 35.5. The number of hydrogen-bond donors (Lipinski definition) is 0. The third-order valence-corrected chi connectivity index (χ3v) is 6.18. The number of hydrogen-bond acceptors (Lipinski definition) is 5. The molecule has 0 aliphatic carbocycles. The van der Waals surface area contributed by atoms with E-state index in [1.165, 1.54) is 0 Å². The van der Waals surface area contributed by atoms with Gasteiger partial charge in [0, 0.05) is 33.5 Å². The van der Waals surface area contributed by atoms with E-state index in [0.29, 0.717) is 22.3 Å². The Morgan fingerprint density at radius 1 is 0.743 bits per heavy atom. The van der Waals surface area contributed by atoms with Gasteiger partial charge in [-0.25, -0.2) is 9.50 Å². The van der Waals surface area contributed by atoms with Crippen LogP contribution >= 0.6 is 11.6 Å². The molecule has 0 saturated carbocycles. The topological polar surface area (TPSA) is 57.9 Å². The first-order chi connectivity index (χ1) is 17.0. The average molecular weight is 486 g/mol. The molecule has 0 radical (unpaired) electrons. The normalized spacial score (nSPS) is 11.0. The van der Waals surface area contributed by atoms with Crippen molar-refractivity contribution in [2.45, 2.75) is 6.92 Å². The van der Waals surface area contributed by atoms with Gasteiger partial charge in [-0.1, -0.05) is 54.1 Å². The summed E-state index contributed by atoms with van der Waals surface area (Å²) >= 11 is 6.19. The Balaban J connectivity index is 1.87. The summed E-state index contributed by atoms with van der Waals surface area (Å²) in [5, 5.41) is 5.64. The summed E-state index contributed by atoms with van der Waals surface area (Å²) in [5.74, 6) is 1.64. The zero-order valence-corrected chi connectivity index (χ0v) is 20.6. The van der Waals surface area contributed by atoms with Gasteiger partial charge in [0.2, 0.25) is 5.75 Å². The van der Waals surface area contributed by atoms with Crippen molar-refractivity contribution in [3.8, 4) is 50.9 Å². The van der Waals surface area contributed by atoms with Crippen LogP contribution in [-0.4, -0.2) is 35.9 Å². The number of nitrogens with zero attached hydrogens (tertiary/aromatic N) is 3. The molecule has 5 aromatic rings. The minimum Gasteiger partial charge on any atom is -0.493 e. The fraction of sp³-hybridized carbons (Fsp3) is 0.143. The van der Waals surface area contributed by atoms with Crippen molar-refractivity contribution in [1.29, 1.82) is 0 Å². The van der Waals surface area contributed by atoms with Crippen molar-refractivity contribution in [3.63, 3.8) is 0 Å². The molecular weight excluding hydrogens is 462 g/mol. The molecule has 2 aromatic heterocycles. The van der Waals surface area contributed by atoms with Crippen LogP contribution in [0.1, 0.15) is 5.69 Å². The number of aromatic nitrogens is 3. The number of rotatable bonds is 6. The minimum atomic E-state index is 0.527. The lowest BCUT2D eigenvalue weighted by Crippen LogP contribution is -2.04. The molecule has 3 aromatic carbocycles. The van der Waals surface area contributed by atoms with Crippen LogP contribution in [0.25, 0.3) is 39.3 Å². The maximum Gasteiger partial charge on any atom is 0.203 e. The van der Waals surface area contributed by atoms with E-state index in [4.69, 9.17) is 35.9 Å². The summed E-state index contributed by atoms with van der Waals surface area (Å²) in [6.45, 7) is 2.00. The van der Waals surface area contributed by atoms with Crippen LogP contribution in [0.3, 0.4) is 0 Å². The molecule has 0 N–H and O–H groups in total. The zero-order valence-electron chi connectivity index (χ0n) is 19.9. The van der Waals surface area contributed by atoms with E-state index in [9.17, 15) is 0 Å². The van der Waals surface area contributed by atoms with Crippen molar-refractivity contribution in [2.24, 2.45) is 0 Å². The molecule has 0 aliphatic rings. The first kappa shape index (κ1) is 22.7. The smallest absolute Gasteiger partial charge is 0.203 e. The van der Waals surface area contributed by atoms with Crippen LogP contribution in [0.5, 0.6) is 17.2 Å². The van der Waals surface area contributed by atoms with E-state index in [-0.39, 0.29) is 0 Å². The van der Waals surface area contributed by atoms with Gasteiger partial charge in [-0.3, -0.25) is 0 Å². The number of halogens is 1. The molecule has 0 aliphatic heterocycles. The third kappa shape index (κ3) is 4.06. The molecule has 6 nitrogen and oxygen atoms in total. The minimum absolute atomic E-state index is 0.527. The van der Waals surface area contributed by atoms with E-state index in [1.807, 2.05) is 84.2 Å². The second-order valence-corrected chi connectivity index (χ2v) is 8.44. The highest BCUT2D eigenvalue weighted by molar-refractivity contribution is 6.30. The lowest BCUT2D eigenvalue weighted by Gasteiger charge is -2.18. The largest absolute Gasteiger partial charge is 0.493 e. The Kier molecular flexibility index (Phi) is 6.05. The van der Waals surface area contributed by atoms with Crippen LogP contribution in [-0.2, 0) is 0 Å². The number of aryl methyl sites for hydroxylation is 1. The fourth-order valence-corrected chi connectivity index (χ4v) is 4.44. The summed E-state index contributed by atoms with van der Waals surface area (Å²) in [6, 6.07) is 23.6. The molecule has 2 heterocycles. The first-order valence-corrected chi connectivity index (χ1v) is 11.4. The Morgan fingerprint density at radius 3 is 2.00 bits per heavy atom. The molecule has 0 unspecified atom stereocenters. The first-order valence-electron chi connectivity index (χ1n) is 11.1. The monoisotopic (exact) mass is 485 g/mol. The molecular formula is C28H24ClN3O3. The van der Waals surface area contributed by atoms with E-state index < -0.39 is 0 Å². The number of methoxy groups -OCH3 is 3. The quantitative estimate of drug-likeness (QED) is 0.267. The number of fused-ring (bicyclic) bond motifs is 1. The van der Waals surface area contributed by atoms with Crippen LogP contribution < -0.4 is 14.2 Å². The maximum absolute atomic E-state index is 6.19. The van der Waals surface area contributed by atoms with Gasteiger partial charge in [0.05, 0.1) is 32.7 Å². The maximum atomic E-state index is 6.19. The van der Waals surface area contributed by atoms with Crippen LogP contribution in [0.15, 0.2) is 72.8 Å². The van der Waals surface area contributed by atoms with E-state index in [1.54, 1.807) is 21.3 Å². The Hall–Kier alpha value is -4.03. The SMILES string of the molecule is COc1cc(-c2c(-c3ccc(Cl)cc3)c(C)nc3cc(-c4ccccc4)nn23)cc(OC)c1OC.